The summed E-state index contributed by atoms with van der Waals surface area (Å²) >= 11 is 0. The van der Waals surface area contributed by atoms with Crippen LogP contribution in [0.5, 0.6) is 11.5 Å². The lowest BCUT2D eigenvalue weighted by Gasteiger charge is -2.10. The minimum Gasteiger partial charge on any atom is -0.497 e. The van der Waals surface area contributed by atoms with Gasteiger partial charge in [0.2, 0.25) is 0 Å². The second-order valence-electron chi connectivity index (χ2n) is 7.56. The lowest BCUT2D eigenvalue weighted by Crippen LogP contribution is -2.13. The molecular weight excluding hydrogens is 456 g/mol. The van der Waals surface area contributed by atoms with Crippen molar-refractivity contribution in [1.29, 1.82) is 0 Å². The van der Waals surface area contributed by atoms with Crippen LogP contribution in [0.3, 0.4) is 0 Å². The third-order valence-electron chi connectivity index (χ3n) is 5.12. The van der Waals surface area contributed by atoms with Gasteiger partial charge in [-0.25, -0.2) is 0 Å². The number of fused-ring (bicyclic) bond motifs is 1. The van der Waals surface area contributed by atoms with Gasteiger partial charge in [0.05, 0.1) is 55.8 Å². The normalized spacial score (nSPS) is 11.0. The Hall–Kier alpha value is -3.47. The Bertz CT molecular complexity index is 1160. The van der Waals surface area contributed by atoms with Crippen LogP contribution in [0.15, 0.2) is 47.3 Å². The predicted octanol–water partition coefficient (Wildman–Crippen LogP) is 3.95. The van der Waals surface area contributed by atoms with Crippen LogP contribution in [-0.4, -0.2) is 63.3 Å². The van der Waals surface area contributed by atoms with Gasteiger partial charge in [0.25, 0.3) is 5.56 Å². The minimum absolute atomic E-state index is 0.132. The van der Waals surface area contributed by atoms with Gasteiger partial charge in [-0.3, -0.25) is 14.9 Å². The number of ether oxygens (including phenoxy) is 5. The fraction of sp³-hybridized carbons (Fsp3) is 0.400. The number of benzene rings is 2. The van der Waals surface area contributed by atoms with E-state index in [1.54, 1.807) is 30.3 Å². The van der Waals surface area contributed by atoms with Crippen molar-refractivity contribution in [3.63, 3.8) is 0 Å². The van der Waals surface area contributed by atoms with Gasteiger partial charge in [0, 0.05) is 12.2 Å². The van der Waals surface area contributed by atoms with Gasteiger partial charge in [-0.15, -0.1) is 0 Å². The highest BCUT2D eigenvalue weighted by Crippen LogP contribution is 2.34. The zero-order chi connectivity index (χ0) is 25.0. The van der Waals surface area contributed by atoms with E-state index in [2.05, 4.69) is 11.9 Å². The highest BCUT2D eigenvalue weighted by Gasteiger charge is 2.23. The van der Waals surface area contributed by atoms with Gasteiger partial charge in [-0.1, -0.05) is 6.92 Å². The summed E-state index contributed by atoms with van der Waals surface area (Å²) in [6, 6.07) is 11.3. The molecule has 188 valence electrons. The average molecular weight is 487 g/mol. The number of hydrogen-bond acceptors (Lipinski definition) is 8. The molecule has 0 aliphatic rings. The number of methoxy groups -OCH3 is 1. The number of nitro groups is 1. The average Bonchev–Trinajstić information content (AvgIpc) is 2.87. The van der Waals surface area contributed by atoms with Crippen molar-refractivity contribution in [2.45, 2.75) is 13.3 Å². The first-order valence-electron chi connectivity index (χ1n) is 11.4. The standard InChI is InChI=1S/C25H30N2O8/c1-3-10-32-11-12-33-13-14-34-15-16-35-19-6-4-18(5-7-19)23-24(27(29)30)21-9-8-20(31-2)17-22(21)25(28)26-23/h4-9,17H,3,10-16H2,1-2H3,(H,26,28). The zero-order valence-corrected chi connectivity index (χ0v) is 19.9. The molecule has 0 radical (unpaired) electrons. The van der Waals surface area contributed by atoms with Crippen LogP contribution in [0, 0.1) is 10.1 Å². The molecule has 3 rings (SSSR count). The molecule has 0 fully saturated rings. The molecule has 0 saturated carbocycles. The summed E-state index contributed by atoms with van der Waals surface area (Å²) in [5.41, 5.74) is 0.0146. The van der Waals surface area contributed by atoms with Crippen LogP contribution >= 0.6 is 0 Å². The number of hydrogen-bond donors (Lipinski definition) is 1. The predicted molar refractivity (Wildman–Crippen MR) is 131 cm³/mol. The van der Waals surface area contributed by atoms with Crippen molar-refractivity contribution in [2.24, 2.45) is 0 Å². The lowest BCUT2D eigenvalue weighted by atomic mass is 10.0. The number of pyridine rings is 1. The van der Waals surface area contributed by atoms with Crippen molar-refractivity contribution in [1.82, 2.24) is 4.98 Å². The molecule has 0 atom stereocenters. The highest BCUT2D eigenvalue weighted by molar-refractivity contribution is 5.96. The molecular formula is C25H30N2O8. The summed E-state index contributed by atoms with van der Waals surface area (Å²) in [5.74, 6) is 1.03. The molecule has 0 unspecified atom stereocenters. The number of H-pyrrole nitrogens is 1. The number of nitrogens with one attached hydrogen (secondary N) is 1. The third kappa shape index (κ3) is 7.25. The van der Waals surface area contributed by atoms with Crippen molar-refractivity contribution >= 4 is 16.5 Å². The quantitative estimate of drug-likeness (QED) is 0.195. The highest BCUT2D eigenvalue weighted by atomic mass is 16.6. The molecule has 1 aromatic heterocycles. The Morgan fingerprint density at radius 1 is 0.829 bits per heavy atom. The molecule has 1 N–H and O–H groups in total. The minimum atomic E-state index is -0.496. The van der Waals surface area contributed by atoms with Crippen molar-refractivity contribution in [2.75, 3.05) is 53.4 Å². The van der Waals surface area contributed by atoms with Crippen LogP contribution in [-0.2, 0) is 14.2 Å². The summed E-state index contributed by atoms with van der Waals surface area (Å²) in [5, 5.41) is 12.3. The third-order valence-corrected chi connectivity index (χ3v) is 5.12. The molecule has 10 nitrogen and oxygen atoms in total. The molecule has 0 aliphatic carbocycles. The fourth-order valence-corrected chi connectivity index (χ4v) is 3.44. The molecule has 35 heavy (non-hydrogen) atoms. The van der Waals surface area contributed by atoms with E-state index in [1.165, 1.54) is 19.2 Å². The molecule has 1 heterocycles. The van der Waals surface area contributed by atoms with Crippen molar-refractivity contribution < 1.29 is 28.6 Å². The van der Waals surface area contributed by atoms with Crippen LogP contribution in [0.2, 0.25) is 0 Å². The summed E-state index contributed by atoms with van der Waals surface area (Å²) < 4.78 is 27.0. The fourth-order valence-electron chi connectivity index (χ4n) is 3.44. The number of aromatic nitrogens is 1. The Morgan fingerprint density at radius 2 is 1.43 bits per heavy atom. The van der Waals surface area contributed by atoms with Gasteiger partial charge in [0.1, 0.15) is 23.8 Å². The molecule has 3 aromatic rings. The summed E-state index contributed by atoms with van der Waals surface area (Å²) in [7, 11) is 1.47. The van der Waals surface area contributed by atoms with Crippen LogP contribution in [0.4, 0.5) is 5.69 Å². The van der Waals surface area contributed by atoms with E-state index >= 15 is 0 Å². The van der Waals surface area contributed by atoms with Crippen LogP contribution in [0.25, 0.3) is 22.0 Å². The Balaban J connectivity index is 1.56. The van der Waals surface area contributed by atoms with Gasteiger partial charge in [-0.2, -0.15) is 0 Å². The smallest absolute Gasteiger partial charge is 0.301 e. The maximum atomic E-state index is 12.6. The molecule has 0 amide bonds. The molecule has 0 aliphatic heterocycles. The van der Waals surface area contributed by atoms with E-state index < -0.39 is 10.5 Å². The first-order chi connectivity index (χ1) is 17.0. The van der Waals surface area contributed by atoms with E-state index in [0.29, 0.717) is 56.7 Å². The van der Waals surface area contributed by atoms with Crippen LogP contribution in [0.1, 0.15) is 13.3 Å². The Kier molecular flexibility index (Phi) is 10.0. The second-order valence-corrected chi connectivity index (χ2v) is 7.56. The van der Waals surface area contributed by atoms with E-state index in [4.69, 9.17) is 23.7 Å². The molecule has 10 heteroatoms. The zero-order valence-electron chi connectivity index (χ0n) is 19.9. The van der Waals surface area contributed by atoms with E-state index in [-0.39, 0.29) is 22.2 Å². The first-order valence-corrected chi connectivity index (χ1v) is 11.4. The Labute approximate surface area is 202 Å². The lowest BCUT2D eigenvalue weighted by molar-refractivity contribution is -0.382. The van der Waals surface area contributed by atoms with Gasteiger partial charge in [0.15, 0.2) is 0 Å². The van der Waals surface area contributed by atoms with Crippen molar-refractivity contribution in [3.05, 3.63) is 62.9 Å². The monoisotopic (exact) mass is 486 g/mol. The molecule has 0 saturated heterocycles. The Morgan fingerprint density at radius 3 is 2.03 bits per heavy atom. The largest absolute Gasteiger partial charge is 0.497 e. The van der Waals surface area contributed by atoms with Crippen LogP contribution < -0.4 is 15.0 Å². The van der Waals surface area contributed by atoms with Gasteiger partial charge < -0.3 is 28.7 Å². The summed E-state index contributed by atoms with van der Waals surface area (Å²) in [4.78, 5) is 26.6. The van der Waals surface area contributed by atoms with E-state index in [1.807, 2.05) is 0 Å². The SMILES string of the molecule is CCCOCCOCCOCCOc1ccc(-c2[nH]c(=O)c3cc(OC)ccc3c2[N+](=O)[O-])cc1. The van der Waals surface area contributed by atoms with Crippen molar-refractivity contribution in [3.8, 4) is 22.8 Å². The maximum Gasteiger partial charge on any atom is 0.301 e. The maximum absolute atomic E-state index is 12.6. The molecule has 0 bridgehead atoms. The molecule has 0 spiro atoms. The number of rotatable bonds is 15. The number of nitrogens with zero attached hydrogens (tertiary/aromatic N) is 1. The summed E-state index contributed by atoms with van der Waals surface area (Å²) in [6.07, 6.45) is 0.991. The second kappa shape index (κ2) is 13.4. The number of aromatic amines is 1. The summed E-state index contributed by atoms with van der Waals surface area (Å²) in [6.45, 7) is 5.60. The van der Waals surface area contributed by atoms with E-state index in [9.17, 15) is 14.9 Å². The first kappa shape index (κ1) is 26.1. The topological polar surface area (TPSA) is 122 Å². The molecule has 2 aromatic carbocycles. The van der Waals surface area contributed by atoms with Gasteiger partial charge >= 0.3 is 5.69 Å². The van der Waals surface area contributed by atoms with Gasteiger partial charge in [-0.05, 0) is 48.9 Å². The van der Waals surface area contributed by atoms with E-state index in [0.717, 1.165) is 13.0 Å².